The third-order valence-electron chi connectivity index (χ3n) is 3.71. The topological polar surface area (TPSA) is 76.7 Å². The third-order valence-corrected chi connectivity index (χ3v) is 3.71. The van der Waals surface area contributed by atoms with Crippen molar-refractivity contribution in [3.63, 3.8) is 0 Å². The summed E-state index contributed by atoms with van der Waals surface area (Å²) >= 11 is 0. The zero-order valence-electron chi connectivity index (χ0n) is 13.8. The molecule has 1 aliphatic heterocycles. The van der Waals surface area contributed by atoms with Crippen LogP contribution in [-0.2, 0) is 19.1 Å². The highest BCUT2D eigenvalue weighted by molar-refractivity contribution is 5.85. The number of esters is 1. The first-order valence-electron chi connectivity index (χ1n) is 8.00. The summed E-state index contributed by atoms with van der Waals surface area (Å²) in [6.45, 7) is 4.29. The highest BCUT2D eigenvalue weighted by Crippen LogP contribution is 2.16. The molecule has 2 unspecified atom stereocenters. The molecular weight excluding hydrogens is 332 g/mol. The molecule has 0 aliphatic carbocycles. The van der Waals surface area contributed by atoms with Crippen LogP contribution in [0.3, 0.4) is 0 Å². The zero-order valence-corrected chi connectivity index (χ0v) is 14.6. The van der Waals surface area contributed by atoms with Crippen LogP contribution in [-0.4, -0.2) is 50.8 Å². The largest absolute Gasteiger partial charge is 0.465 e. The predicted molar refractivity (Wildman–Crippen MR) is 93.3 cm³/mol. The van der Waals surface area contributed by atoms with Gasteiger partial charge in [0.25, 0.3) is 0 Å². The van der Waals surface area contributed by atoms with Gasteiger partial charge >= 0.3 is 5.97 Å². The molecule has 0 spiro atoms. The van der Waals surface area contributed by atoms with Crippen molar-refractivity contribution in [3.8, 4) is 0 Å². The van der Waals surface area contributed by atoms with Gasteiger partial charge in [-0.1, -0.05) is 30.3 Å². The monoisotopic (exact) mass is 356 g/mol. The molecule has 1 amide bonds. The van der Waals surface area contributed by atoms with Crippen LogP contribution in [0.5, 0.6) is 0 Å². The molecular formula is C17H25ClN2O4. The Hall–Kier alpha value is -1.63. The highest BCUT2D eigenvalue weighted by atomic mass is 35.5. The molecule has 1 fully saturated rings. The normalized spacial score (nSPS) is 18.1. The van der Waals surface area contributed by atoms with Crippen molar-refractivity contribution in [3.05, 3.63) is 35.9 Å². The van der Waals surface area contributed by atoms with E-state index >= 15 is 0 Å². The van der Waals surface area contributed by atoms with E-state index < -0.39 is 5.92 Å². The quantitative estimate of drug-likeness (QED) is 0.719. The summed E-state index contributed by atoms with van der Waals surface area (Å²) in [5.41, 5.74) is 0.838. The number of nitrogens with one attached hydrogen (secondary N) is 2. The molecule has 2 atom stereocenters. The van der Waals surface area contributed by atoms with E-state index in [0.29, 0.717) is 26.2 Å². The van der Waals surface area contributed by atoms with E-state index in [2.05, 4.69) is 10.6 Å². The molecule has 1 aromatic rings. The number of rotatable bonds is 7. The lowest BCUT2D eigenvalue weighted by Crippen LogP contribution is -2.44. The van der Waals surface area contributed by atoms with Crippen LogP contribution in [0.4, 0.5) is 0 Å². The second-order valence-electron chi connectivity index (χ2n) is 5.45. The Labute approximate surface area is 148 Å². The van der Waals surface area contributed by atoms with Crippen LogP contribution < -0.4 is 10.6 Å². The molecule has 2 N–H and O–H groups in total. The van der Waals surface area contributed by atoms with Gasteiger partial charge in [-0.15, -0.1) is 12.4 Å². The van der Waals surface area contributed by atoms with Gasteiger partial charge < -0.3 is 20.1 Å². The van der Waals surface area contributed by atoms with Crippen molar-refractivity contribution >= 4 is 24.3 Å². The molecule has 6 nitrogen and oxygen atoms in total. The third kappa shape index (κ3) is 6.47. The molecule has 1 saturated heterocycles. The Morgan fingerprint density at radius 1 is 1.38 bits per heavy atom. The molecule has 134 valence electrons. The van der Waals surface area contributed by atoms with Crippen LogP contribution in [0.25, 0.3) is 0 Å². The maximum Gasteiger partial charge on any atom is 0.315 e. The summed E-state index contributed by atoms with van der Waals surface area (Å²) in [6, 6.07) is 9.38. The van der Waals surface area contributed by atoms with E-state index in [0.717, 1.165) is 12.1 Å². The molecule has 0 aromatic heterocycles. The van der Waals surface area contributed by atoms with Gasteiger partial charge in [0.1, 0.15) is 0 Å². The number of benzene rings is 1. The Morgan fingerprint density at radius 3 is 2.75 bits per heavy atom. The van der Waals surface area contributed by atoms with Crippen molar-refractivity contribution in [2.24, 2.45) is 0 Å². The molecule has 1 aliphatic rings. The average Bonchev–Trinajstić information content (AvgIpc) is 2.57. The summed E-state index contributed by atoms with van der Waals surface area (Å²) in [5, 5.41) is 6.07. The fourth-order valence-corrected chi connectivity index (χ4v) is 2.53. The molecule has 2 rings (SSSR count). The number of amides is 1. The number of hydrogen-bond acceptors (Lipinski definition) is 5. The van der Waals surface area contributed by atoms with Crippen LogP contribution in [0, 0.1) is 0 Å². The highest BCUT2D eigenvalue weighted by Gasteiger charge is 2.23. The van der Waals surface area contributed by atoms with Crippen molar-refractivity contribution < 1.29 is 19.1 Å². The standard InChI is InChI=1S/C17H24N2O4.ClH/c1-2-23-17(21)15(13-6-4-3-5-7-13)11-19-16(20)10-14-12-22-9-8-18-14;/h3-7,14-15,18H,2,8-12H2,1H3,(H,19,20);1H. The smallest absolute Gasteiger partial charge is 0.315 e. The van der Waals surface area contributed by atoms with Crippen molar-refractivity contribution in [1.29, 1.82) is 0 Å². The summed E-state index contributed by atoms with van der Waals surface area (Å²) in [6.07, 6.45) is 0.338. The van der Waals surface area contributed by atoms with Gasteiger partial charge in [-0.05, 0) is 12.5 Å². The van der Waals surface area contributed by atoms with E-state index in [1.54, 1.807) is 6.92 Å². The molecule has 1 aromatic carbocycles. The van der Waals surface area contributed by atoms with Crippen molar-refractivity contribution in [2.45, 2.75) is 25.3 Å². The summed E-state index contributed by atoms with van der Waals surface area (Å²) in [7, 11) is 0. The number of morpholine rings is 1. The number of halogens is 1. The van der Waals surface area contributed by atoms with Gasteiger partial charge in [-0.2, -0.15) is 0 Å². The van der Waals surface area contributed by atoms with Gasteiger partial charge in [0.15, 0.2) is 0 Å². The minimum absolute atomic E-state index is 0. The van der Waals surface area contributed by atoms with Gasteiger partial charge in [-0.25, -0.2) is 0 Å². The predicted octanol–water partition coefficient (Wildman–Crippen LogP) is 1.25. The minimum atomic E-state index is -0.490. The minimum Gasteiger partial charge on any atom is -0.465 e. The van der Waals surface area contributed by atoms with E-state index in [1.165, 1.54) is 0 Å². The molecule has 0 saturated carbocycles. The number of ether oxygens (including phenoxy) is 2. The Bertz CT molecular complexity index is 507. The van der Waals surface area contributed by atoms with Gasteiger partial charge in [0, 0.05) is 25.6 Å². The lowest BCUT2D eigenvalue weighted by molar-refractivity contribution is -0.144. The number of carbonyl (C=O) groups excluding carboxylic acids is 2. The SMILES string of the molecule is CCOC(=O)C(CNC(=O)CC1COCCN1)c1ccccc1.Cl. The van der Waals surface area contributed by atoms with Crippen LogP contribution >= 0.6 is 12.4 Å². The van der Waals surface area contributed by atoms with Gasteiger partial charge in [-0.3, -0.25) is 9.59 Å². The van der Waals surface area contributed by atoms with E-state index in [9.17, 15) is 9.59 Å². The van der Waals surface area contributed by atoms with Crippen LogP contribution in [0.15, 0.2) is 30.3 Å². The Kier molecular flexibility index (Phi) is 9.37. The molecule has 0 bridgehead atoms. The fraction of sp³-hybridized carbons (Fsp3) is 0.529. The molecule has 7 heteroatoms. The Morgan fingerprint density at radius 2 is 2.12 bits per heavy atom. The zero-order chi connectivity index (χ0) is 16.5. The average molecular weight is 357 g/mol. The lowest BCUT2D eigenvalue weighted by atomic mass is 9.99. The van der Waals surface area contributed by atoms with Gasteiger partial charge in [0.2, 0.25) is 5.91 Å². The van der Waals surface area contributed by atoms with Crippen molar-refractivity contribution in [2.75, 3.05) is 32.9 Å². The maximum absolute atomic E-state index is 12.1. The number of hydrogen-bond donors (Lipinski definition) is 2. The lowest BCUT2D eigenvalue weighted by Gasteiger charge is -2.23. The van der Waals surface area contributed by atoms with Crippen LogP contribution in [0.2, 0.25) is 0 Å². The van der Waals surface area contributed by atoms with E-state index in [1.807, 2.05) is 30.3 Å². The Balaban J connectivity index is 0.00000288. The molecule has 24 heavy (non-hydrogen) atoms. The first kappa shape index (κ1) is 20.4. The first-order valence-corrected chi connectivity index (χ1v) is 8.00. The summed E-state index contributed by atoms with van der Waals surface area (Å²) in [4.78, 5) is 24.2. The second kappa shape index (κ2) is 11.0. The van der Waals surface area contributed by atoms with Crippen molar-refractivity contribution in [1.82, 2.24) is 10.6 Å². The first-order chi connectivity index (χ1) is 11.2. The van der Waals surface area contributed by atoms with Crippen LogP contribution in [0.1, 0.15) is 24.8 Å². The molecule has 1 heterocycles. The molecule has 0 radical (unpaired) electrons. The van der Waals surface area contributed by atoms with E-state index in [4.69, 9.17) is 9.47 Å². The van der Waals surface area contributed by atoms with E-state index in [-0.39, 0.29) is 36.9 Å². The fourth-order valence-electron chi connectivity index (χ4n) is 2.53. The summed E-state index contributed by atoms with van der Waals surface area (Å²) < 4.78 is 10.4. The summed E-state index contributed by atoms with van der Waals surface area (Å²) in [5.74, 6) is -0.910. The van der Waals surface area contributed by atoms with Gasteiger partial charge in [0.05, 0.1) is 25.7 Å². The second-order valence-corrected chi connectivity index (χ2v) is 5.45. The maximum atomic E-state index is 12.1. The number of carbonyl (C=O) groups is 2.